The smallest absolute Gasteiger partial charge is 0.217 e. The molecule has 0 saturated carbocycles. The van der Waals surface area contributed by atoms with Crippen LogP contribution >= 0.6 is 0 Å². The zero-order chi connectivity index (χ0) is 23.2. The second-order valence-electron chi connectivity index (χ2n) is 7.95. The third-order valence-corrected chi connectivity index (χ3v) is 6.78. The number of allylic oxidation sites excluding steroid dienone is 8. The molecule has 0 aromatic heterocycles. The van der Waals surface area contributed by atoms with E-state index in [4.69, 9.17) is 11.5 Å². The summed E-state index contributed by atoms with van der Waals surface area (Å²) in [5.74, 6) is -0.340. The molecule has 2 rings (SSSR count). The van der Waals surface area contributed by atoms with Crippen LogP contribution in [0, 0.1) is 0 Å². The van der Waals surface area contributed by atoms with Crippen molar-refractivity contribution in [3.8, 4) is 0 Å². The zero-order valence-corrected chi connectivity index (χ0v) is 21.2. The van der Waals surface area contributed by atoms with Gasteiger partial charge in [-0.15, -0.1) is 0 Å². The van der Waals surface area contributed by atoms with Gasteiger partial charge < -0.3 is 11.5 Å². The summed E-state index contributed by atoms with van der Waals surface area (Å²) in [7, 11) is 0. The number of rotatable bonds is 14. The van der Waals surface area contributed by atoms with Crippen molar-refractivity contribution >= 4 is 11.8 Å². The van der Waals surface area contributed by atoms with Gasteiger partial charge in [0.1, 0.15) is 0 Å². The molecule has 0 aromatic carbocycles. The van der Waals surface area contributed by atoms with Crippen LogP contribution in [-0.4, -0.2) is 11.8 Å². The maximum Gasteiger partial charge on any atom is 0.217 e. The number of hydrogen-bond donors (Lipinski definition) is 2. The Balaban J connectivity index is 0.000000437. The van der Waals surface area contributed by atoms with Crippen molar-refractivity contribution in [3.63, 3.8) is 0 Å². The van der Waals surface area contributed by atoms with E-state index in [2.05, 4.69) is 50.3 Å². The Morgan fingerprint density at radius 1 is 0.710 bits per heavy atom. The van der Waals surface area contributed by atoms with Gasteiger partial charge in [0, 0.05) is 12.8 Å². The molecule has 0 saturated heterocycles. The summed E-state index contributed by atoms with van der Waals surface area (Å²) in [5, 5.41) is 0. The van der Waals surface area contributed by atoms with Gasteiger partial charge >= 0.3 is 74.2 Å². The summed E-state index contributed by atoms with van der Waals surface area (Å²) in [6, 6.07) is 0. The summed E-state index contributed by atoms with van der Waals surface area (Å²) < 4.78 is 3.30. The van der Waals surface area contributed by atoms with Gasteiger partial charge in [0.25, 0.3) is 0 Å². The number of hydrogen-bond acceptors (Lipinski definition) is 2. The second kappa shape index (κ2) is 21.7. The molecule has 175 valence electrons. The Hall–Kier alpha value is -1.52. The van der Waals surface area contributed by atoms with Crippen LogP contribution in [0.3, 0.4) is 0 Å². The Labute approximate surface area is 197 Å². The molecule has 0 aromatic rings. The second-order valence-corrected chi connectivity index (χ2v) is 10.1. The predicted octanol–water partition coefficient (Wildman–Crippen LogP) is 6.42. The quantitative estimate of drug-likeness (QED) is 0.289. The van der Waals surface area contributed by atoms with Crippen LogP contribution in [0.2, 0.25) is 0 Å². The molecule has 5 heteroatoms. The number of primary amides is 2. The van der Waals surface area contributed by atoms with Crippen molar-refractivity contribution in [2.24, 2.45) is 11.5 Å². The minimum Gasteiger partial charge on any atom is -0.370 e. The van der Waals surface area contributed by atoms with Gasteiger partial charge in [-0.05, 0) is 12.8 Å². The topological polar surface area (TPSA) is 86.2 Å². The van der Waals surface area contributed by atoms with Crippen LogP contribution in [0.1, 0.15) is 104 Å². The Bertz CT molecular complexity index is 555. The first-order chi connectivity index (χ1) is 15.0. The van der Waals surface area contributed by atoms with Crippen molar-refractivity contribution in [2.45, 2.75) is 104 Å². The molecule has 2 aliphatic carbocycles. The van der Waals surface area contributed by atoms with E-state index in [1.165, 1.54) is 51.4 Å². The average Bonchev–Trinajstić information content (AvgIpc) is 3.43. The maximum atomic E-state index is 10.3. The fourth-order valence-electron chi connectivity index (χ4n) is 3.03. The Morgan fingerprint density at radius 3 is 1.39 bits per heavy atom. The minimum atomic E-state index is -0.170. The standard InChI is InChI=1S/2C8H17NO.2C5H5.V/c2*1-2-3-4-5-6-7-8(9)10;2*1-2-4-5-3-1;/h2*2-7H2,1H3,(H2,9,10);2*1-3H,4H2;. The summed E-state index contributed by atoms with van der Waals surface area (Å²) in [4.78, 5) is 20.5. The van der Waals surface area contributed by atoms with E-state index in [0.29, 0.717) is 29.1 Å². The Morgan fingerprint density at radius 2 is 1.10 bits per heavy atom. The molecule has 2 aliphatic rings. The van der Waals surface area contributed by atoms with Crippen molar-refractivity contribution in [2.75, 3.05) is 0 Å². The molecule has 2 amide bonds. The molecule has 0 aliphatic heterocycles. The summed E-state index contributed by atoms with van der Waals surface area (Å²) in [5.41, 5.74) is 9.94. The molecule has 0 radical (unpaired) electrons. The van der Waals surface area contributed by atoms with Crippen LogP contribution in [-0.2, 0) is 25.9 Å². The molecular weight excluding hydrogens is 423 g/mol. The molecule has 0 heterocycles. The number of amides is 2. The molecular formula is C26H44N2O2V. The third-order valence-electron chi connectivity index (χ3n) is 4.84. The van der Waals surface area contributed by atoms with Crippen molar-refractivity contribution < 1.29 is 25.9 Å². The van der Waals surface area contributed by atoms with Gasteiger partial charge in [0.05, 0.1) is 0 Å². The van der Waals surface area contributed by atoms with Crippen molar-refractivity contribution in [1.82, 2.24) is 0 Å². The summed E-state index contributed by atoms with van der Waals surface area (Å²) in [6.45, 7) is 4.35. The number of unbranched alkanes of at least 4 members (excludes halogenated alkanes) is 8. The van der Waals surface area contributed by atoms with E-state index in [-0.39, 0.29) is 11.8 Å². The van der Waals surface area contributed by atoms with E-state index >= 15 is 0 Å². The van der Waals surface area contributed by atoms with Crippen LogP contribution in [0.25, 0.3) is 0 Å². The van der Waals surface area contributed by atoms with E-state index in [1.54, 1.807) is 8.57 Å². The number of nitrogens with two attached hydrogens (primary N) is 2. The molecule has 0 fully saturated rings. The molecule has 0 unspecified atom stereocenters. The van der Waals surface area contributed by atoms with Gasteiger partial charge in [-0.2, -0.15) is 0 Å². The van der Waals surface area contributed by atoms with Gasteiger partial charge in [-0.25, -0.2) is 0 Å². The first-order valence-corrected chi connectivity index (χ1v) is 13.4. The molecule has 0 bridgehead atoms. The number of carbonyl (C=O) groups is 2. The monoisotopic (exact) mass is 467 g/mol. The summed E-state index contributed by atoms with van der Waals surface area (Å²) in [6.07, 6.45) is 28.7. The first-order valence-electron chi connectivity index (χ1n) is 12.0. The van der Waals surface area contributed by atoms with Gasteiger partial charge in [0.15, 0.2) is 0 Å². The average molecular weight is 468 g/mol. The van der Waals surface area contributed by atoms with Crippen LogP contribution in [0.5, 0.6) is 0 Å². The minimum absolute atomic E-state index is 0.170. The first kappa shape index (κ1) is 29.5. The van der Waals surface area contributed by atoms with E-state index in [0.717, 1.165) is 25.7 Å². The van der Waals surface area contributed by atoms with Gasteiger partial charge in [0.2, 0.25) is 11.8 Å². The van der Waals surface area contributed by atoms with E-state index < -0.39 is 0 Å². The molecule has 31 heavy (non-hydrogen) atoms. The summed E-state index contributed by atoms with van der Waals surface area (Å²) >= 11 is 0.358. The molecule has 4 N–H and O–H groups in total. The predicted molar refractivity (Wildman–Crippen MR) is 129 cm³/mol. The number of carbonyl (C=O) groups excluding carboxylic acids is 2. The zero-order valence-electron chi connectivity index (χ0n) is 19.8. The largest absolute Gasteiger partial charge is 0.370 e. The van der Waals surface area contributed by atoms with E-state index in [1.807, 2.05) is 0 Å². The Kier molecular flexibility index (Phi) is 20.6. The van der Waals surface area contributed by atoms with Crippen LogP contribution in [0.4, 0.5) is 0 Å². The molecule has 4 nitrogen and oxygen atoms in total. The van der Waals surface area contributed by atoms with Gasteiger partial charge in [-0.1, -0.05) is 65.2 Å². The van der Waals surface area contributed by atoms with Crippen LogP contribution in [0.15, 0.2) is 45.0 Å². The van der Waals surface area contributed by atoms with Crippen LogP contribution < -0.4 is 11.5 Å². The fourth-order valence-corrected chi connectivity index (χ4v) is 4.72. The molecule has 0 spiro atoms. The normalized spacial score (nSPS) is 13.5. The maximum absolute atomic E-state index is 10.3. The SMILES string of the molecule is C1=CC[C]([V][C]2=CC=CC2)=C1.CCCCCCCC(N)=O.CCCCCCCC(N)=O. The van der Waals surface area contributed by atoms with Crippen molar-refractivity contribution in [3.05, 3.63) is 45.0 Å². The van der Waals surface area contributed by atoms with Gasteiger partial charge in [-0.3, -0.25) is 9.59 Å². The van der Waals surface area contributed by atoms with Crippen molar-refractivity contribution in [1.29, 1.82) is 0 Å². The van der Waals surface area contributed by atoms with E-state index in [9.17, 15) is 9.59 Å². The fraction of sp³-hybridized carbons (Fsp3) is 0.615. The third kappa shape index (κ3) is 21.5. The molecule has 0 atom stereocenters.